The van der Waals surface area contributed by atoms with Crippen LogP contribution < -0.4 is 5.32 Å². The Morgan fingerprint density at radius 1 is 1.50 bits per heavy atom. The van der Waals surface area contributed by atoms with Crippen LogP contribution in [0.3, 0.4) is 0 Å². The Morgan fingerprint density at radius 2 is 2.15 bits per heavy atom. The molecule has 2 heterocycles. The summed E-state index contributed by atoms with van der Waals surface area (Å²) in [5, 5.41) is 13.4. The van der Waals surface area contributed by atoms with Gasteiger partial charge in [0, 0.05) is 9.75 Å². The number of hydrogen-bond acceptors (Lipinski definition) is 4. The summed E-state index contributed by atoms with van der Waals surface area (Å²) in [5.74, 6) is 1.50. The molecule has 1 atom stereocenters. The SMILES string of the molecule is CCc1sc(C(C)NC(=O)C2(O)CCSCC2)cc1C. The highest BCUT2D eigenvalue weighted by atomic mass is 32.2. The van der Waals surface area contributed by atoms with Crippen LogP contribution >= 0.6 is 23.1 Å². The van der Waals surface area contributed by atoms with E-state index in [9.17, 15) is 9.90 Å². The smallest absolute Gasteiger partial charge is 0.252 e. The lowest BCUT2D eigenvalue weighted by molar-refractivity contribution is -0.141. The molecule has 2 N–H and O–H groups in total. The minimum absolute atomic E-state index is 0.0369. The van der Waals surface area contributed by atoms with E-state index in [1.165, 1.54) is 15.3 Å². The summed E-state index contributed by atoms with van der Waals surface area (Å²) in [4.78, 5) is 14.8. The summed E-state index contributed by atoms with van der Waals surface area (Å²) in [6, 6.07) is 2.11. The van der Waals surface area contributed by atoms with Gasteiger partial charge in [-0.25, -0.2) is 0 Å². The number of aryl methyl sites for hydroxylation is 2. The van der Waals surface area contributed by atoms with Gasteiger partial charge < -0.3 is 10.4 Å². The van der Waals surface area contributed by atoms with Gasteiger partial charge in [0.15, 0.2) is 0 Å². The normalized spacial score (nSPS) is 19.6. The van der Waals surface area contributed by atoms with Crippen molar-refractivity contribution in [2.75, 3.05) is 11.5 Å². The minimum Gasteiger partial charge on any atom is -0.380 e. The maximum absolute atomic E-state index is 12.3. The lowest BCUT2D eigenvalue weighted by Gasteiger charge is -2.31. The lowest BCUT2D eigenvalue weighted by Crippen LogP contribution is -2.49. The fraction of sp³-hybridized carbons (Fsp3) is 0.667. The van der Waals surface area contributed by atoms with Gasteiger partial charge in [0.2, 0.25) is 0 Å². The number of amides is 1. The van der Waals surface area contributed by atoms with Crippen LogP contribution in [0.5, 0.6) is 0 Å². The molecule has 1 aromatic heterocycles. The molecule has 1 aliphatic rings. The highest BCUT2D eigenvalue weighted by Crippen LogP contribution is 2.30. The highest BCUT2D eigenvalue weighted by molar-refractivity contribution is 7.99. The molecule has 3 nitrogen and oxygen atoms in total. The summed E-state index contributed by atoms with van der Waals surface area (Å²) in [6.45, 7) is 6.25. The minimum atomic E-state index is -1.17. The van der Waals surface area contributed by atoms with Crippen molar-refractivity contribution in [3.05, 3.63) is 21.4 Å². The van der Waals surface area contributed by atoms with Gasteiger partial charge in [0.1, 0.15) is 5.60 Å². The first-order valence-electron chi connectivity index (χ1n) is 7.16. The molecule has 1 unspecified atom stereocenters. The van der Waals surface area contributed by atoms with Crippen LogP contribution in [0.1, 0.15) is 48.0 Å². The molecule has 1 saturated heterocycles. The monoisotopic (exact) mass is 313 g/mol. The number of rotatable bonds is 4. The van der Waals surface area contributed by atoms with Gasteiger partial charge in [0.25, 0.3) is 5.91 Å². The Bertz CT molecular complexity index is 478. The predicted octanol–water partition coefficient (Wildman–Crippen LogP) is 3.05. The molecule has 0 saturated carbocycles. The Kier molecular flexibility index (Phi) is 5.15. The van der Waals surface area contributed by atoms with E-state index in [4.69, 9.17) is 0 Å². The van der Waals surface area contributed by atoms with Crippen molar-refractivity contribution < 1.29 is 9.90 Å². The molecule has 2 rings (SSSR count). The molecular weight excluding hydrogens is 290 g/mol. The molecule has 112 valence electrons. The molecule has 0 radical (unpaired) electrons. The van der Waals surface area contributed by atoms with E-state index in [0.29, 0.717) is 12.8 Å². The molecule has 1 aromatic rings. The molecule has 0 spiro atoms. The van der Waals surface area contributed by atoms with Gasteiger partial charge in [-0.15, -0.1) is 11.3 Å². The molecule has 0 aliphatic carbocycles. The van der Waals surface area contributed by atoms with Crippen LogP contribution in [0.4, 0.5) is 0 Å². The summed E-state index contributed by atoms with van der Waals surface area (Å²) in [5.41, 5.74) is 0.126. The fourth-order valence-corrected chi connectivity index (χ4v) is 4.74. The predicted molar refractivity (Wildman–Crippen MR) is 86.5 cm³/mol. The standard InChI is InChI=1S/C15H23NO2S2/c1-4-12-10(2)9-13(20-12)11(3)16-14(17)15(18)5-7-19-8-6-15/h9,11,18H,4-8H2,1-3H3,(H,16,17). The first-order valence-corrected chi connectivity index (χ1v) is 9.13. The second-order valence-corrected chi connectivity index (χ2v) is 7.84. The first kappa shape index (κ1) is 15.9. The molecule has 1 amide bonds. The number of carbonyl (C=O) groups is 1. The van der Waals surface area contributed by atoms with Crippen molar-refractivity contribution in [1.82, 2.24) is 5.32 Å². The number of thioether (sulfide) groups is 1. The molecule has 0 bridgehead atoms. The maximum Gasteiger partial charge on any atom is 0.252 e. The fourth-order valence-electron chi connectivity index (χ4n) is 2.45. The average Bonchev–Trinajstić information content (AvgIpc) is 2.81. The largest absolute Gasteiger partial charge is 0.380 e. The van der Waals surface area contributed by atoms with E-state index in [2.05, 4.69) is 25.2 Å². The second-order valence-electron chi connectivity index (χ2n) is 5.45. The molecule has 0 aromatic carbocycles. The van der Waals surface area contributed by atoms with Crippen molar-refractivity contribution >= 4 is 29.0 Å². The van der Waals surface area contributed by atoms with Gasteiger partial charge in [0.05, 0.1) is 6.04 Å². The van der Waals surface area contributed by atoms with E-state index < -0.39 is 5.60 Å². The van der Waals surface area contributed by atoms with Gasteiger partial charge in [-0.1, -0.05) is 6.92 Å². The van der Waals surface area contributed by atoms with E-state index in [1.807, 2.05) is 6.92 Å². The van der Waals surface area contributed by atoms with E-state index in [1.54, 1.807) is 23.1 Å². The highest BCUT2D eigenvalue weighted by Gasteiger charge is 2.38. The number of carbonyl (C=O) groups excluding carboxylic acids is 1. The van der Waals surface area contributed by atoms with Crippen molar-refractivity contribution in [2.24, 2.45) is 0 Å². The van der Waals surface area contributed by atoms with E-state index in [-0.39, 0.29) is 11.9 Å². The van der Waals surface area contributed by atoms with Crippen molar-refractivity contribution in [2.45, 2.75) is 51.7 Å². The zero-order valence-electron chi connectivity index (χ0n) is 12.4. The Hall–Kier alpha value is -0.520. The van der Waals surface area contributed by atoms with Crippen LogP contribution in [0.15, 0.2) is 6.07 Å². The first-order chi connectivity index (χ1) is 9.46. The van der Waals surface area contributed by atoms with E-state index in [0.717, 1.165) is 17.9 Å². The van der Waals surface area contributed by atoms with Gasteiger partial charge in [-0.2, -0.15) is 11.8 Å². The van der Waals surface area contributed by atoms with Crippen LogP contribution in [0.2, 0.25) is 0 Å². The number of thiophene rings is 1. The third-order valence-electron chi connectivity index (χ3n) is 3.88. The third kappa shape index (κ3) is 3.38. The summed E-state index contributed by atoms with van der Waals surface area (Å²) < 4.78 is 0. The molecular formula is C15H23NO2S2. The van der Waals surface area contributed by atoms with Crippen LogP contribution in [0, 0.1) is 6.92 Å². The number of aliphatic hydroxyl groups is 1. The molecule has 1 fully saturated rings. The van der Waals surface area contributed by atoms with Crippen molar-refractivity contribution in [3.63, 3.8) is 0 Å². The topological polar surface area (TPSA) is 49.3 Å². The van der Waals surface area contributed by atoms with Crippen LogP contribution in [-0.2, 0) is 11.2 Å². The average molecular weight is 313 g/mol. The second kappa shape index (κ2) is 6.50. The molecule has 20 heavy (non-hydrogen) atoms. The lowest BCUT2D eigenvalue weighted by atomic mass is 9.95. The Labute approximate surface area is 129 Å². The zero-order chi connectivity index (χ0) is 14.8. The number of hydrogen-bond donors (Lipinski definition) is 2. The summed E-state index contributed by atoms with van der Waals surface area (Å²) in [7, 11) is 0. The quantitative estimate of drug-likeness (QED) is 0.898. The maximum atomic E-state index is 12.3. The Morgan fingerprint density at radius 3 is 2.70 bits per heavy atom. The van der Waals surface area contributed by atoms with Crippen molar-refractivity contribution in [1.29, 1.82) is 0 Å². The van der Waals surface area contributed by atoms with Gasteiger partial charge >= 0.3 is 0 Å². The van der Waals surface area contributed by atoms with Crippen LogP contribution in [0.25, 0.3) is 0 Å². The van der Waals surface area contributed by atoms with Crippen molar-refractivity contribution in [3.8, 4) is 0 Å². The van der Waals surface area contributed by atoms with Gasteiger partial charge in [-0.3, -0.25) is 4.79 Å². The Balaban J connectivity index is 2.02. The van der Waals surface area contributed by atoms with E-state index >= 15 is 0 Å². The third-order valence-corrected chi connectivity index (χ3v) is 6.43. The summed E-state index contributed by atoms with van der Waals surface area (Å²) >= 11 is 3.55. The molecule has 1 aliphatic heterocycles. The van der Waals surface area contributed by atoms with Gasteiger partial charge in [-0.05, 0) is 56.2 Å². The van der Waals surface area contributed by atoms with Crippen LogP contribution in [-0.4, -0.2) is 28.1 Å². The molecule has 5 heteroatoms. The zero-order valence-corrected chi connectivity index (χ0v) is 14.0. The number of nitrogens with one attached hydrogen (secondary N) is 1. The summed E-state index contributed by atoms with van der Waals surface area (Å²) in [6.07, 6.45) is 2.14.